The average Bonchev–Trinajstić information content (AvgIpc) is 2.16. The molecule has 4 nitrogen and oxygen atoms in total. The molecule has 0 bridgehead atoms. The van der Waals surface area contributed by atoms with Gasteiger partial charge in [0.15, 0.2) is 0 Å². The Morgan fingerprint density at radius 2 is 1.84 bits per heavy atom. The lowest BCUT2D eigenvalue weighted by molar-refractivity contribution is -0.137. The smallest absolute Gasteiger partial charge is 0.416 e. The number of nitrogens with two attached hydrogens (primary N) is 1. The molecule has 0 aliphatic heterocycles. The number of hydrogen-bond donors (Lipinski definition) is 2. The third-order valence-electron chi connectivity index (χ3n) is 2.02. The van der Waals surface area contributed by atoms with E-state index in [0.29, 0.717) is 0 Å². The van der Waals surface area contributed by atoms with Crippen molar-refractivity contribution in [3.8, 4) is 0 Å². The summed E-state index contributed by atoms with van der Waals surface area (Å²) in [6, 6.07) is 2.68. The van der Waals surface area contributed by atoms with Crippen LogP contribution in [-0.4, -0.2) is 11.7 Å². The van der Waals surface area contributed by atoms with Gasteiger partial charge in [0, 0.05) is 0 Å². The second kappa shape index (κ2) is 4.99. The van der Waals surface area contributed by atoms with Crippen LogP contribution >= 0.6 is 0 Å². The molecule has 7 heteroatoms. The summed E-state index contributed by atoms with van der Waals surface area (Å²) in [4.78, 5) is 11.5. The fraction of sp³-hybridized carbons (Fsp3) is 0.417. The zero-order chi connectivity index (χ0) is 14.8. The molecular formula is C12H15F3N2O2. The highest BCUT2D eigenvalue weighted by atomic mass is 19.4. The van der Waals surface area contributed by atoms with Crippen LogP contribution in [-0.2, 0) is 10.9 Å². The molecule has 0 radical (unpaired) electrons. The van der Waals surface area contributed by atoms with Gasteiger partial charge in [-0.1, -0.05) is 0 Å². The second-order valence-electron chi connectivity index (χ2n) is 4.93. The summed E-state index contributed by atoms with van der Waals surface area (Å²) < 4.78 is 42.5. The lowest BCUT2D eigenvalue weighted by Gasteiger charge is -2.20. The number of anilines is 2. The summed E-state index contributed by atoms with van der Waals surface area (Å²) in [5, 5.41) is 2.19. The molecule has 0 spiro atoms. The zero-order valence-electron chi connectivity index (χ0n) is 10.8. The number of ether oxygens (including phenoxy) is 1. The van der Waals surface area contributed by atoms with Crippen molar-refractivity contribution >= 4 is 17.5 Å². The number of nitrogen functional groups attached to an aromatic ring is 1. The Kier molecular flexibility index (Phi) is 3.97. The summed E-state index contributed by atoms with van der Waals surface area (Å²) in [6.07, 6.45) is -5.36. The molecule has 0 unspecified atom stereocenters. The number of rotatable bonds is 1. The van der Waals surface area contributed by atoms with Gasteiger partial charge >= 0.3 is 12.3 Å². The molecule has 1 aromatic carbocycles. The molecule has 3 N–H and O–H groups in total. The van der Waals surface area contributed by atoms with Crippen LogP contribution in [0, 0.1) is 0 Å². The lowest BCUT2D eigenvalue weighted by Crippen LogP contribution is -2.27. The second-order valence-corrected chi connectivity index (χ2v) is 4.93. The zero-order valence-corrected chi connectivity index (χ0v) is 10.8. The molecule has 106 valence electrons. The van der Waals surface area contributed by atoms with Crippen molar-refractivity contribution in [2.45, 2.75) is 32.5 Å². The minimum Gasteiger partial charge on any atom is -0.444 e. The fourth-order valence-electron chi connectivity index (χ4n) is 1.25. The number of amides is 1. The maximum Gasteiger partial charge on any atom is 0.416 e. The van der Waals surface area contributed by atoms with Crippen molar-refractivity contribution in [1.82, 2.24) is 0 Å². The van der Waals surface area contributed by atoms with E-state index >= 15 is 0 Å². The topological polar surface area (TPSA) is 64.3 Å². The Balaban J connectivity index is 2.92. The normalized spacial score (nSPS) is 12.1. The van der Waals surface area contributed by atoms with Gasteiger partial charge < -0.3 is 10.5 Å². The third-order valence-corrected chi connectivity index (χ3v) is 2.02. The first-order valence-corrected chi connectivity index (χ1v) is 5.46. The highest BCUT2D eigenvalue weighted by Crippen LogP contribution is 2.33. The van der Waals surface area contributed by atoms with E-state index in [1.54, 1.807) is 20.8 Å². The average molecular weight is 276 g/mol. The fourth-order valence-corrected chi connectivity index (χ4v) is 1.25. The maximum atomic E-state index is 12.5. The minimum atomic E-state index is -4.50. The summed E-state index contributed by atoms with van der Waals surface area (Å²) >= 11 is 0. The molecule has 1 rings (SSSR count). The SMILES string of the molecule is CC(C)(C)OC(=O)Nc1cc(C(F)(F)F)ccc1N. The highest BCUT2D eigenvalue weighted by Gasteiger charge is 2.31. The summed E-state index contributed by atoms with van der Waals surface area (Å²) in [7, 11) is 0. The number of benzene rings is 1. The molecule has 19 heavy (non-hydrogen) atoms. The number of nitrogens with one attached hydrogen (secondary N) is 1. The van der Waals surface area contributed by atoms with Gasteiger partial charge in [-0.3, -0.25) is 5.32 Å². The van der Waals surface area contributed by atoms with Gasteiger partial charge in [-0.05, 0) is 39.0 Å². The number of carbonyl (C=O) groups excluding carboxylic acids is 1. The van der Waals surface area contributed by atoms with Gasteiger partial charge in [-0.2, -0.15) is 13.2 Å². The predicted octanol–water partition coefficient (Wildman–Crippen LogP) is 3.63. The monoisotopic (exact) mass is 276 g/mol. The van der Waals surface area contributed by atoms with E-state index in [9.17, 15) is 18.0 Å². The van der Waals surface area contributed by atoms with Gasteiger partial charge in [0.1, 0.15) is 5.60 Å². The van der Waals surface area contributed by atoms with Gasteiger partial charge in [0.2, 0.25) is 0 Å². The van der Waals surface area contributed by atoms with Gasteiger partial charge in [-0.25, -0.2) is 4.79 Å². The van der Waals surface area contributed by atoms with Crippen LogP contribution in [0.25, 0.3) is 0 Å². The summed E-state index contributed by atoms with van der Waals surface area (Å²) in [6.45, 7) is 4.92. The quantitative estimate of drug-likeness (QED) is 0.770. The first-order chi connectivity index (χ1) is 8.49. The van der Waals surface area contributed by atoms with Crippen LogP contribution < -0.4 is 11.1 Å². The van der Waals surface area contributed by atoms with Crippen molar-refractivity contribution in [3.63, 3.8) is 0 Å². The van der Waals surface area contributed by atoms with Gasteiger partial charge in [0.25, 0.3) is 0 Å². The van der Waals surface area contributed by atoms with Crippen LogP contribution in [0.5, 0.6) is 0 Å². The molecule has 1 amide bonds. The van der Waals surface area contributed by atoms with E-state index < -0.39 is 23.4 Å². The van der Waals surface area contributed by atoms with Crippen LogP contribution in [0.2, 0.25) is 0 Å². The lowest BCUT2D eigenvalue weighted by atomic mass is 10.1. The summed E-state index contributed by atoms with van der Waals surface area (Å²) in [5.74, 6) is 0. The van der Waals surface area contributed by atoms with E-state index in [-0.39, 0.29) is 11.4 Å². The molecule has 0 aliphatic carbocycles. The molecular weight excluding hydrogens is 261 g/mol. The Hall–Kier alpha value is -1.92. The highest BCUT2D eigenvalue weighted by molar-refractivity contribution is 5.89. The molecule has 0 aliphatic rings. The maximum absolute atomic E-state index is 12.5. The van der Waals surface area contributed by atoms with E-state index in [0.717, 1.165) is 18.2 Å². The van der Waals surface area contributed by atoms with Crippen LogP contribution in [0.3, 0.4) is 0 Å². The van der Waals surface area contributed by atoms with Crippen molar-refractivity contribution in [2.24, 2.45) is 0 Å². The molecule has 1 aromatic rings. The van der Waals surface area contributed by atoms with Crippen molar-refractivity contribution < 1.29 is 22.7 Å². The molecule has 0 heterocycles. The molecule has 0 saturated heterocycles. The molecule has 0 aromatic heterocycles. The van der Waals surface area contributed by atoms with Crippen LogP contribution in [0.4, 0.5) is 29.3 Å². The molecule has 0 fully saturated rings. The van der Waals surface area contributed by atoms with Crippen LogP contribution in [0.15, 0.2) is 18.2 Å². The molecule has 0 atom stereocenters. The number of hydrogen-bond acceptors (Lipinski definition) is 3. The van der Waals surface area contributed by atoms with Crippen molar-refractivity contribution in [2.75, 3.05) is 11.1 Å². The predicted molar refractivity (Wildman–Crippen MR) is 65.7 cm³/mol. The van der Waals surface area contributed by atoms with E-state index in [1.165, 1.54) is 0 Å². The first kappa shape index (κ1) is 15.1. The minimum absolute atomic E-state index is 0.0267. The first-order valence-electron chi connectivity index (χ1n) is 5.46. The van der Waals surface area contributed by atoms with Crippen molar-refractivity contribution in [1.29, 1.82) is 0 Å². The third kappa shape index (κ3) is 4.69. The largest absolute Gasteiger partial charge is 0.444 e. The van der Waals surface area contributed by atoms with Gasteiger partial charge in [0.05, 0.1) is 16.9 Å². The van der Waals surface area contributed by atoms with Crippen molar-refractivity contribution in [3.05, 3.63) is 23.8 Å². The number of alkyl halides is 3. The Bertz CT molecular complexity index is 479. The standard InChI is InChI=1S/C12H15F3N2O2/c1-11(2,3)19-10(18)17-9-6-7(12(13,14)15)4-5-8(9)16/h4-6H,16H2,1-3H3,(H,17,18). The van der Waals surface area contributed by atoms with E-state index in [4.69, 9.17) is 10.5 Å². The molecule has 0 saturated carbocycles. The van der Waals surface area contributed by atoms with Gasteiger partial charge in [-0.15, -0.1) is 0 Å². The van der Waals surface area contributed by atoms with Crippen LogP contribution in [0.1, 0.15) is 26.3 Å². The summed E-state index contributed by atoms with van der Waals surface area (Å²) in [5.41, 5.74) is 3.75. The number of carbonyl (C=O) groups is 1. The Morgan fingerprint density at radius 1 is 1.26 bits per heavy atom. The Labute approximate surface area is 108 Å². The van der Waals surface area contributed by atoms with E-state index in [2.05, 4.69) is 5.32 Å². The van der Waals surface area contributed by atoms with E-state index in [1.807, 2.05) is 0 Å². The Morgan fingerprint density at radius 3 is 2.32 bits per heavy atom. The number of halogens is 3.